The van der Waals surface area contributed by atoms with Gasteiger partial charge < -0.3 is 15.0 Å². The Morgan fingerprint density at radius 2 is 1.69 bits per heavy atom. The maximum Gasteiger partial charge on any atom is 0.251 e. The quantitative estimate of drug-likeness (QED) is 0.748. The molecule has 1 saturated heterocycles. The summed E-state index contributed by atoms with van der Waals surface area (Å²) in [5.74, 6) is 0.00449. The van der Waals surface area contributed by atoms with Crippen molar-refractivity contribution >= 4 is 11.8 Å². The SMILES string of the molecule is COc1ccc(F)cc1CN1CCN(C(=O)CNC(=O)c2ccc(C(C)(C)C)cc2)CC1. The van der Waals surface area contributed by atoms with Crippen LogP contribution in [0.5, 0.6) is 5.75 Å². The van der Waals surface area contributed by atoms with E-state index in [1.165, 1.54) is 12.1 Å². The molecule has 0 aliphatic carbocycles. The third kappa shape index (κ3) is 6.07. The lowest BCUT2D eigenvalue weighted by atomic mass is 9.87. The monoisotopic (exact) mass is 441 g/mol. The van der Waals surface area contributed by atoms with Crippen LogP contribution < -0.4 is 10.1 Å². The first-order chi connectivity index (χ1) is 15.2. The van der Waals surface area contributed by atoms with Gasteiger partial charge in [0.15, 0.2) is 0 Å². The fraction of sp³-hybridized carbons (Fsp3) is 0.440. The zero-order chi connectivity index (χ0) is 23.3. The summed E-state index contributed by atoms with van der Waals surface area (Å²) in [6, 6.07) is 12.0. The molecule has 0 bridgehead atoms. The number of carbonyl (C=O) groups excluding carboxylic acids is 2. The average Bonchev–Trinajstić information content (AvgIpc) is 2.77. The van der Waals surface area contributed by atoms with Gasteiger partial charge in [0.1, 0.15) is 11.6 Å². The van der Waals surface area contributed by atoms with Gasteiger partial charge in [0, 0.05) is 43.9 Å². The summed E-state index contributed by atoms with van der Waals surface area (Å²) in [4.78, 5) is 28.9. The number of piperazine rings is 1. The third-order valence-electron chi connectivity index (χ3n) is 5.77. The topological polar surface area (TPSA) is 61.9 Å². The molecule has 0 aromatic heterocycles. The Hall–Kier alpha value is -2.93. The number of hydrogen-bond donors (Lipinski definition) is 1. The fourth-order valence-electron chi connectivity index (χ4n) is 3.76. The summed E-state index contributed by atoms with van der Waals surface area (Å²) in [7, 11) is 1.57. The summed E-state index contributed by atoms with van der Waals surface area (Å²) in [6.07, 6.45) is 0. The number of amides is 2. The molecular weight excluding hydrogens is 409 g/mol. The highest BCUT2D eigenvalue weighted by Crippen LogP contribution is 2.23. The number of carbonyl (C=O) groups is 2. The molecule has 2 aromatic carbocycles. The Morgan fingerprint density at radius 3 is 2.28 bits per heavy atom. The zero-order valence-corrected chi connectivity index (χ0v) is 19.3. The Morgan fingerprint density at radius 1 is 1.03 bits per heavy atom. The first-order valence-corrected chi connectivity index (χ1v) is 10.9. The van der Waals surface area contributed by atoms with Crippen LogP contribution in [-0.4, -0.2) is 61.4 Å². The summed E-state index contributed by atoms with van der Waals surface area (Å²) in [5, 5.41) is 2.72. The predicted molar refractivity (Wildman–Crippen MR) is 122 cm³/mol. The molecule has 2 aromatic rings. The van der Waals surface area contributed by atoms with E-state index in [2.05, 4.69) is 31.0 Å². The van der Waals surface area contributed by atoms with E-state index in [9.17, 15) is 14.0 Å². The van der Waals surface area contributed by atoms with Crippen LogP contribution in [0.1, 0.15) is 42.3 Å². The van der Waals surface area contributed by atoms with Gasteiger partial charge in [0.25, 0.3) is 5.91 Å². The van der Waals surface area contributed by atoms with E-state index in [0.717, 1.165) is 11.1 Å². The van der Waals surface area contributed by atoms with Crippen LogP contribution in [0.3, 0.4) is 0 Å². The lowest BCUT2D eigenvalue weighted by Gasteiger charge is -2.35. The first-order valence-electron chi connectivity index (χ1n) is 10.9. The standard InChI is InChI=1S/C25H32FN3O3/c1-25(2,3)20-7-5-18(6-8-20)24(31)27-16-23(30)29-13-11-28(12-14-29)17-19-15-21(26)9-10-22(19)32-4/h5-10,15H,11-14,16-17H2,1-4H3,(H,27,31). The molecule has 1 fully saturated rings. The Bertz CT molecular complexity index is 946. The number of nitrogens with one attached hydrogen (secondary N) is 1. The second kappa shape index (κ2) is 10.1. The van der Waals surface area contributed by atoms with Crippen molar-refractivity contribution in [3.63, 3.8) is 0 Å². The lowest BCUT2D eigenvalue weighted by molar-refractivity contribution is -0.131. The molecule has 0 spiro atoms. The normalized spacial score (nSPS) is 14.8. The van der Waals surface area contributed by atoms with Crippen LogP contribution in [0, 0.1) is 5.82 Å². The van der Waals surface area contributed by atoms with Crippen molar-refractivity contribution in [3.8, 4) is 5.75 Å². The Labute approximate surface area is 189 Å². The first kappa shape index (κ1) is 23.7. The molecule has 1 aliphatic rings. The summed E-state index contributed by atoms with van der Waals surface area (Å²) < 4.78 is 18.9. The number of halogens is 1. The van der Waals surface area contributed by atoms with Crippen molar-refractivity contribution in [1.29, 1.82) is 0 Å². The second-order valence-electron chi connectivity index (χ2n) is 9.12. The van der Waals surface area contributed by atoms with E-state index in [0.29, 0.717) is 44.0 Å². The van der Waals surface area contributed by atoms with Crippen molar-refractivity contribution in [2.45, 2.75) is 32.7 Å². The number of rotatable bonds is 6. The molecule has 0 radical (unpaired) electrons. The Balaban J connectivity index is 1.46. The van der Waals surface area contributed by atoms with Gasteiger partial charge in [-0.05, 0) is 41.3 Å². The molecule has 3 rings (SSSR count). The highest BCUT2D eigenvalue weighted by Gasteiger charge is 2.22. The zero-order valence-electron chi connectivity index (χ0n) is 19.3. The average molecular weight is 442 g/mol. The molecule has 1 heterocycles. The maximum absolute atomic E-state index is 13.6. The van der Waals surface area contributed by atoms with Gasteiger partial charge in [0.2, 0.25) is 5.91 Å². The Kier molecular flexibility index (Phi) is 7.51. The van der Waals surface area contributed by atoms with Crippen LogP contribution in [0.25, 0.3) is 0 Å². The van der Waals surface area contributed by atoms with Crippen molar-refractivity contribution in [2.24, 2.45) is 0 Å². The van der Waals surface area contributed by atoms with Crippen LogP contribution in [0.2, 0.25) is 0 Å². The third-order valence-corrected chi connectivity index (χ3v) is 5.77. The number of hydrogen-bond acceptors (Lipinski definition) is 4. The van der Waals surface area contributed by atoms with Crippen LogP contribution in [-0.2, 0) is 16.8 Å². The van der Waals surface area contributed by atoms with E-state index in [4.69, 9.17) is 4.74 Å². The van der Waals surface area contributed by atoms with Crippen molar-refractivity contribution < 1.29 is 18.7 Å². The van der Waals surface area contributed by atoms with Gasteiger partial charge in [-0.2, -0.15) is 0 Å². The molecule has 1 aliphatic heterocycles. The van der Waals surface area contributed by atoms with E-state index < -0.39 is 0 Å². The van der Waals surface area contributed by atoms with Crippen molar-refractivity contribution in [3.05, 3.63) is 65.0 Å². The molecule has 0 unspecified atom stereocenters. The highest BCUT2D eigenvalue weighted by molar-refractivity contribution is 5.96. The van der Waals surface area contributed by atoms with E-state index in [-0.39, 0.29) is 29.6 Å². The predicted octanol–water partition coefficient (Wildman–Crippen LogP) is 3.21. The number of methoxy groups -OCH3 is 1. The molecule has 2 amide bonds. The molecule has 32 heavy (non-hydrogen) atoms. The lowest BCUT2D eigenvalue weighted by Crippen LogP contribution is -2.50. The van der Waals surface area contributed by atoms with Crippen LogP contribution in [0.15, 0.2) is 42.5 Å². The maximum atomic E-state index is 13.6. The molecule has 0 saturated carbocycles. The minimum atomic E-state index is -0.293. The van der Waals surface area contributed by atoms with E-state index in [1.807, 2.05) is 12.1 Å². The number of nitrogens with zero attached hydrogens (tertiary/aromatic N) is 2. The van der Waals surface area contributed by atoms with E-state index in [1.54, 1.807) is 30.2 Å². The molecule has 172 valence electrons. The van der Waals surface area contributed by atoms with Crippen LogP contribution >= 0.6 is 0 Å². The van der Waals surface area contributed by atoms with Gasteiger partial charge in [0.05, 0.1) is 13.7 Å². The second-order valence-corrected chi connectivity index (χ2v) is 9.12. The number of benzene rings is 2. The molecule has 7 heteroatoms. The van der Waals surface area contributed by atoms with Crippen LogP contribution in [0.4, 0.5) is 4.39 Å². The molecule has 0 atom stereocenters. The molecule has 1 N–H and O–H groups in total. The molecule has 6 nitrogen and oxygen atoms in total. The summed E-state index contributed by atoms with van der Waals surface area (Å²) in [5.41, 5.74) is 2.50. The fourth-order valence-corrected chi connectivity index (χ4v) is 3.76. The van der Waals surface area contributed by atoms with Gasteiger partial charge in [-0.25, -0.2) is 4.39 Å². The van der Waals surface area contributed by atoms with Crippen molar-refractivity contribution in [2.75, 3.05) is 39.8 Å². The summed E-state index contributed by atoms with van der Waals surface area (Å²) in [6.45, 7) is 9.36. The molecular formula is C25H32FN3O3. The van der Waals surface area contributed by atoms with Gasteiger partial charge >= 0.3 is 0 Å². The van der Waals surface area contributed by atoms with Gasteiger partial charge in [-0.1, -0.05) is 32.9 Å². The van der Waals surface area contributed by atoms with E-state index >= 15 is 0 Å². The number of ether oxygens (including phenoxy) is 1. The van der Waals surface area contributed by atoms with Gasteiger partial charge in [-0.15, -0.1) is 0 Å². The summed E-state index contributed by atoms with van der Waals surface area (Å²) >= 11 is 0. The largest absolute Gasteiger partial charge is 0.496 e. The minimum absolute atomic E-state index is 0.0208. The van der Waals surface area contributed by atoms with Crippen molar-refractivity contribution in [1.82, 2.24) is 15.1 Å². The van der Waals surface area contributed by atoms with Gasteiger partial charge in [-0.3, -0.25) is 14.5 Å². The smallest absolute Gasteiger partial charge is 0.251 e. The highest BCUT2D eigenvalue weighted by atomic mass is 19.1. The minimum Gasteiger partial charge on any atom is -0.496 e.